The molecule has 0 N–H and O–H groups in total. The molecule has 0 bridgehead atoms. The Labute approximate surface area is 162 Å². The number of aromatic nitrogens is 2. The van der Waals surface area contributed by atoms with Crippen molar-refractivity contribution in [1.82, 2.24) is 15.0 Å². The average molecular weight is 405 g/mol. The summed E-state index contributed by atoms with van der Waals surface area (Å²) in [6, 6.07) is 10.3. The van der Waals surface area contributed by atoms with Gasteiger partial charge in [-0.3, -0.25) is 4.79 Å². The summed E-state index contributed by atoms with van der Waals surface area (Å²) >= 11 is 0. The van der Waals surface area contributed by atoms with E-state index in [1.165, 1.54) is 24.3 Å². The summed E-state index contributed by atoms with van der Waals surface area (Å²) in [4.78, 5) is 18.4. The minimum atomic E-state index is -4.42. The molecule has 0 saturated carbocycles. The molecular weight excluding hydrogens is 390 g/mol. The van der Waals surface area contributed by atoms with E-state index in [1.54, 1.807) is 17.0 Å². The molecule has 4 rings (SSSR count). The summed E-state index contributed by atoms with van der Waals surface area (Å²) in [5.41, 5.74) is 0.360. The van der Waals surface area contributed by atoms with Crippen molar-refractivity contribution < 1.29 is 26.9 Å². The highest BCUT2D eigenvalue weighted by molar-refractivity contribution is 5.85. The molecule has 1 saturated heterocycles. The van der Waals surface area contributed by atoms with E-state index < -0.39 is 11.7 Å². The molecule has 1 atom stereocenters. The fourth-order valence-corrected chi connectivity index (χ4v) is 3.31. The number of amides is 1. The topological polar surface area (TPSA) is 59.2 Å². The van der Waals surface area contributed by atoms with E-state index in [0.717, 1.165) is 17.7 Å². The first kappa shape index (κ1) is 19.1. The number of rotatable bonds is 4. The van der Waals surface area contributed by atoms with Crippen LogP contribution in [-0.4, -0.2) is 27.5 Å². The molecule has 0 unspecified atom stereocenters. The molecule has 1 fully saturated rings. The van der Waals surface area contributed by atoms with Crippen LogP contribution in [0.3, 0.4) is 0 Å². The number of nitrogens with zero attached hydrogens (tertiary/aromatic N) is 3. The highest BCUT2D eigenvalue weighted by Crippen LogP contribution is 2.31. The molecule has 0 radical (unpaired) electrons. The Morgan fingerprint density at radius 1 is 1.07 bits per heavy atom. The van der Waals surface area contributed by atoms with Crippen LogP contribution in [0.5, 0.6) is 0 Å². The van der Waals surface area contributed by atoms with Gasteiger partial charge in [-0.2, -0.15) is 18.2 Å². The Bertz CT molecular complexity index is 1010. The van der Waals surface area contributed by atoms with E-state index in [0.29, 0.717) is 18.5 Å². The van der Waals surface area contributed by atoms with Crippen LogP contribution in [0.1, 0.15) is 29.4 Å². The van der Waals surface area contributed by atoms with Gasteiger partial charge in [-0.1, -0.05) is 29.4 Å². The molecule has 1 aliphatic rings. The lowest BCUT2D eigenvalue weighted by molar-refractivity contribution is -0.137. The van der Waals surface area contributed by atoms with Crippen molar-refractivity contribution in [3.05, 3.63) is 71.4 Å². The third kappa shape index (κ3) is 3.98. The monoisotopic (exact) mass is 405 g/mol. The normalized spacial score (nSPS) is 17.2. The van der Waals surface area contributed by atoms with Crippen LogP contribution >= 0.6 is 0 Å². The SMILES string of the molecule is O=C1[C@@H](c2ccc(F)cc2)CCN1Cc1nc(-c2ccc(C(F)(F)F)cc2)no1. The van der Waals surface area contributed by atoms with Gasteiger partial charge >= 0.3 is 6.18 Å². The summed E-state index contributed by atoms with van der Waals surface area (Å²) in [5.74, 6) is -0.500. The van der Waals surface area contributed by atoms with Crippen molar-refractivity contribution in [3.63, 3.8) is 0 Å². The van der Waals surface area contributed by atoms with Crippen molar-refractivity contribution in [2.24, 2.45) is 0 Å². The molecule has 2 heterocycles. The number of benzene rings is 2. The first-order valence-electron chi connectivity index (χ1n) is 8.86. The van der Waals surface area contributed by atoms with E-state index in [1.807, 2.05) is 0 Å². The van der Waals surface area contributed by atoms with Crippen LogP contribution in [0.4, 0.5) is 17.6 Å². The predicted molar refractivity (Wildman–Crippen MR) is 93.9 cm³/mol. The molecule has 0 spiro atoms. The number of hydrogen-bond donors (Lipinski definition) is 0. The number of carbonyl (C=O) groups is 1. The Kier molecular flexibility index (Phi) is 4.81. The average Bonchev–Trinajstić information content (AvgIpc) is 3.30. The number of likely N-dealkylation sites (tertiary alicyclic amines) is 1. The van der Waals surface area contributed by atoms with Crippen molar-refractivity contribution >= 4 is 5.91 Å². The van der Waals surface area contributed by atoms with Gasteiger partial charge in [-0.05, 0) is 36.2 Å². The van der Waals surface area contributed by atoms with E-state index >= 15 is 0 Å². The molecule has 0 aliphatic carbocycles. The van der Waals surface area contributed by atoms with Crippen molar-refractivity contribution in [1.29, 1.82) is 0 Å². The second-order valence-corrected chi connectivity index (χ2v) is 6.74. The molecule has 3 aromatic rings. The molecule has 5 nitrogen and oxygen atoms in total. The number of alkyl halides is 3. The summed E-state index contributed by atoms with van der Waals surface area (Å²) < 4.78 is 56.2. The fraction of sp³-hybridized carbons (Fsp3) is 0.250. The Morgan fingerprint density at radius 2 is 1.76 bits per heavy atom. The Hall–Kier alpha value is -3.23. The minimum absolute atomic E-state index is 0.101. The first-order valence-corrected chi connectivity index (χ1v) is 8.86. The smallest absolute Gasteiger partial charge is 0.337 e. The van der Waals surface area contributed by atoms with Gasteiger partial charge in [0.1, 0.15) is 12.4 Å². The largest absolute Gasteiger partial charge is 0.416 e. The van der Waals surface area contributed by atoms with Gasteiger partial charge in [0.05, 0.1) is 11.5 Å². The van der Waals surface area contributed by atoms with E-state index in [9.17, 15) is 22.4 Å². The van der Waals surface area contributed by atoms with Crippen molar-refractivity contribution in [2.45, 2.75) is 25.1 Å². The number of carbonyl (C=O) groups excluding carboxylic acids is 1. The first-order chi connectivity index (χ1) is 13.8. The third-order valence-corrected chi connectivity index (χ3v) is 4.83. The Morgan fingerprint density at radius 3 is 2.41 bits per heavy atom. The zero-order valence-corrected chi connectivity index (χ0v) is 15.0. The summed E-state index contributed by atoms with van der Waals surface area (Å²) in [5, 5.41) is 3.79. The van der Waals surface area contributed by atoms with Gasteiger partial charge in [-0.25, -0.2) is 4.39 Å². The number of hydrogen-bond acceptors (Lipinski definition) is 4. The van der Waals surface area contributed by atoms with Crippen molar-refractivity contribution in [3.8, 4) is 11.4 Å². The van der Waals surface area contributed by atoms with E-state index in [2.05, 4.69) is 10.1 Å². The quantitative estimate of drug-likeness (QED) is 0.604. The molecule has 2 aromatic carbocycles. The van der Waals surface area contributed by atoms with Gasteiger partial charge in [0, 0.05) is 12.1 Å². The maximum Gasteiger partial charge on any atom is 0.416 e. The van der Waals surface area contributed by atoms with Crippen LogP contribution in [0, 0.1) is 5.82 Å². The Balaban J connectivity index is 1.44. The van der Waals surface area contributed by atoms with Gasteiger partial charge in [0.15, 0.2) is 0 Å². The summed E-state index contributed by atoms with van der Waals surface area (Å²) in [7, 11) is 0. The highest BCUT2D eigenvalue weighted by Gasteiger charge is 2.34. The van der Waals surface area contributed by atoms with Crippen LogP contribution in [0.15, 0.2) is 53.1 Å². The standard InChI is InChI=1S/C20H15F4N3O2/c21-15-7-3-12(4-8-15)16-9-10-27(19(16)28)11-17-25-18(26-29-17)13-1-5-14(6-2-13)20(22,23)24/h1-8,16H,9-11H2/t16-/m1/s1. The lowest BCUT2D eigenvalue weighted by Crippen LogP contribution is -2.26. The maximum atomic E-state index is 13.1. The second-order valence-electron chi connectivity index (χ2n) is 6.74. The summed E-state index contributed by atoms with van der Waals surface area (Å²) in [6.07, 6.45) is -3.83. The van der Waals surface area contributed by atoms with Crippen LogP contribution < -0.4 is 0 Å². The minimum Gasteiger partial charge on any atom is -0.337 e. The highest BCUT2D eigenvalue weighted by atomic mass is 19.4. The zero-order valence-electron chi connectivity index (χ0n) is 15.0. The van der Waals surface area contributed by atoms with Gasteiger partial charge in [-0.15, -0.1) is 0 Å². The maximum absolute atomic E-state index is 13.1. The van der Waals surface area contributed by atoms with Crippen LogP contribution in [-0.2, 0) is 17.5 Å². The molecule has 1 amide bonds. The lowest BCUT2D eigenvalue weighted by Gasteiger charge is -2.14. The molecule has 9 heteroatoms. The van der Waals surface area contributed by atoms with Crippen molar-refractivity contribution in [2.75, 3.05) is 6.54 Å². The molecule has 1 aromatic heterocycles. The van der Waals surface area contributed by atoms with Gasteiger partial charge in [0.25, 0.3) is 0 Å². The van der Waals surface area contributed by atoms with Gasteiger partial charge < -0.3 is 9.42 Å². The fourth-order valence-electron chi connectivity index (χ4n) is 3.31. The third-order valence-electron chi connectivity index (χ3n) is 4.83. The van der Waals surface area contributed by atoms with Crippen LogP contribution in [0.25, 0.3) is 11.4 Å². The molecule has 150 valence electrons. The predicted octanol–water partition coefficient (Wildman–Crippen LogP) is 4.41. The van der Waals surface area contributed by atoms with E-state index in [-0.39, 0.29) is 35.9 Å². The zero-order chi connectivity index (χ0) is 20.6. The molecule has 29 heavy (non-hydrogen) atoms. The summed E-state index contributed by atoms with van der Waals surface area (Å²) in [6.45, 7) is 0.586. The van der Waals surface area contributed by atoms with Crippen LogP contribution in [0.2, 0.25) is 0 Å². The second kappa shape index (κ2) is 7.31. The lowest BCUT2D eigenvalue weighted by atomic mass is 9.98. The molecule has 1 aliphatic heterocycles. The molecular formula is C20H15F4N3O2. The number of halogens is 4. The van der Waals surface area contributed by atoms with E-state index in [4.69, 9.17) is 4.52 Å². The van der Waals surface area contributed by atoms with Gasteiger partial charge in [0.2, 0.25) is 17.6 Å².